The first kappa shape index (κ1) is 13.8. The molecule has 0 aliphatic carbocycles. The highest BCUT2D eigenvalue weighted by molar-refractivity contribution is 8.13. The summed E-state index contributed by atoms with van der Waals surface area (Å²) in [5.74, 6) is 2.01. The summed E-state index contributed by atoms with van der Waals surface area (Å²) in [5, 5.41) is 7.87. The molecule has 2 rings (SSSR count). The van der Waals surface area contributed by atoms with Crippen LogP contribution in [-0.4, -0.2) is 23.2 Å². The Morgan fingerprint density at radius 3 is 2.37 bits per heavy atom. The van der Waals surface area contributed by atoms with Gasteiger partial charge in [0.2, 0.25) is 0 Å². The standard InChI is InChI=1S/C11H12ClN3O3S/c1-8-13-14-11(15(8)2)7-18-9-3-5-10(6-4-9)19(12,16)17/h3-6H,7H2,1-2H3. The van der Waals surface area contributed by atoms with Crippen LogP contribution >= 0.6 is 10.7 Å². The lowest BCUT2D eigenvalue weighted by Gasteiger charge is -2.06. The third kappa shape index (κ3) is 3.24. The molecule has 1 heterocycles. The summed E-state index contributed by atoms with van der Waals surface area (Å²) >= 11 is 0. The van der Waals surface area contributed by atoms with Crippen molar-refractivity contribution in [1.82, 2.24) is 14.8 Å². The minimum absolute atomic E-state index is 0.0380. The molecule has 0 fully saturated rings. The van der Waals surface area contributed by atoms with Crippen molar-refractivity contribution in [2.45, 2.75) is 18.4 Å². The van der Waals surface area contributed by atoms with Crippen LogP contribution in [0.3, 0.4) is 0 Å². The van der Waals surface area contributed by atoms with Crippen molar-refractivity contribution in [3.05, 3.63) is 35.9 Å². The third-order valence-electron chi connectivity index (χ3n) is 2.66. The van der Waals surface area contributed by atoms with Crippen LogP contribution in [0, 0.1) is 6.92 Å². The lowest BCUT2D eigenvalue weighted by atomic mass is 10.3. The van der Waals surface area contributed by atoms with Gasteiger partial charge in [0.1, 0.15) is 18.2 Å². The van der Waals surface area contributed by atoms with Gasteiger partial charge in [0.15, 0.2) is 5.82 Å². The Morgan fingerprint density at radius 1 is 1.26 bits per heavy atom. The van der Waals surface area contributed by atoms with Gasteiger partial charge in [-0.2, -0.15) is 0 Å². The quantitative estimate of drug-likeness (QED) is 0.802. The molecular weight excluding hydrogens is 290 g/mol. The Morgan fingerprint density at radius 2 is 1.89 bits per heavy atom. The number of hydrogen-bond donors (Lipinski definition) is 0. The van der Waals surface area contributed by atoms with Gasteiger partial charge in [-0.3, -0.25) is 0 Å². The van der Waals surface area contributed by atoms with E-state index in [9.17, 15) is 8.42 Å². The van der Waals surface area contributed by atoms with Crippen molar-refractivity contribution < 1.29 is 13.2 Å². The molecule has 1 aromatic heterocycles. The van der Waals surface area contributed by atoms with E-state index in [2.05, 4.69) is 10.2 Å². The van der Waals surface area contributed by atoms with Crippen LogP contribution in [0.4, 0.5) is 0 Å². The van der Waals surface area contributed by atoms with E-state index in [0.717, 1.165) is 5.82 Å². The van der Waals surface area contributed by atoms with Crippen LogP contribution < -0.4 is 4.74 Å². The predicted molar refractivity (Wildman–Crippen MR) is 69.6 cm³/mol. The first-order chi connectivity index (χ1) is 8.88. The minimum Gasteiger partial charge on any atom is -0.486 e. The number of halogens is 1. The number of rotatable bonds is 4. The smallest absolute Gasteiger partial charge is 0.261 e. The molecule has 0 amide bonds. The summed E-state index contributed by atoms with van der Waals surface area (Å²) in [6, 6.07) is 5.86. The van der Waals surface area contributed by atoms with E-state index in [0.29, 0.717) is 11.6 Å². The SMILES string of the molecule is Cc1nnc(COc2ccc(S(=O)(=O)Cl)cc2)n1C. The van der Waals surface area contributed by atoms with Gasteiger partial charge >= 0.3 is 0 Å². The average Bonchev–Trinajstić information content (AvgIpc) is 2.67. The lowest BCUT2D eigenvalue weighted by Crippen LogP contribution is -2.04. The topological polar surface area (TPSA) is 74.1 Å². The summed E-state index contributed by atoms with van der Waals surface area (Å²) < 4.78 is 29.5. The molecule has 0 atom stereocenters. The van der Waals surface area contributed by atoms with Crippen LogP contribution in [0.15, 0.2) is 29.2 Å². The van der Waals surface area contributed by atoms with E-state index in [1.807, 2.05) is 18.5 Å². The fraction of sp³-hybridized carbons (Fsp3) is 0.273. The summed E-state index contributed by atoms with van der Waals surface area (Å²) in [7, 11) is 3.36. The second-order valence-corrected chi connectivity index (χ2v) is 6.49. The first-order valence-corrected chi connectivity index (χ1v) is 7.71. The molecule has 8 heteroatoms. The van der Waals surface area contributed by atoms with Crippen molar-refractivity contribution in [1.29, 1.82) is 0 Å². The van der Waals surface area contributed by atoms with E-state index in [-0.39, 0.29) is 11.5 Å². The number of hydrogen-bond acceptors (Lipinski definition) is 5. The number of aromatic nitrogens is 3. The lowest BCUT2D eigenvalue weighted by molar-refractivity contribution is 0.291. The Kier molecular flexibility index (Phi) is 3.77. The molecule has 0 unspecified atom stereocenters. The number of ether oxygens (including phenoxy) is 1. The molecule has 0 radical (unpaired) electrons. The molecule has 0 N–H and O–H groups in total. The zero-order chi connectivity index (χ0) is 14.0. The summed E-state index contributed by atoms with van der Waals surface area (Å²) in [6.07, 6.45) is 0. The normalized spacial score (nSPS) is 11.5. The van der Waals surface area contributed by atoms with Gasteiger partial charge in [0.05, 0.1) is 4.90 Å². The second-order valence-electron chi connectivity index (χ2n) is 3.92. The number of benzene rings is 1. The molecule has 0 saturated heterocycles. The van der Waals surface area contributed by atoms with E-state index >= 15 is 0 Å². The number of aryl methyl sites for hydroxylation is 1. The monoisotopic (exact) mass is 301 g/mol. The maximum Gasteiger partial charge on any atom is 0.261 e. The van der Waals surface area contributed by atoms with Crippen molar-refractivity contribution in [2.24, 2.45) is 7.05 Å². The maximum absolute atomic E-state index is 11.1. The van der Waals surface area contributed by atoms with Crippen molar-refractivity contribution in [3.63, 3.8) is 0 Å². The Hall–Kier alpha value is -1.60. The molecule has 102 valence electrons. The molecule has 0 bridgehead atoms. The van der Waals surface area contributed by atoms with Crippen molar-refractivity contribution >= 4 is 19.7 Å². The minimum atomic E-state index is -3.70. The van der Waals surface area contributed by atoms with E-state index in [1.54, 1.807) is 12.1 Å². The number of nitrogens with zero attached hydrogens (tertiary/aromatic N) is 3. The van der Waals surface area contributed by atoms with Gasteiger partial charge < -0.3 is 9.30 Å². The van der Waals surface area contributed by atoms with Crippen LogP contribution in [0.25, 0.3) is 0 Å². The van der Waals surface area contributed by atoms with Gasteiger partial charge in [0, 0.05) is 17.7 Å². The summed E-state index contributed by atoms with van der Waals surface area (Å²) in [6.45, 7) is 2.10. The highest BCUT2D eigenvalue weighted by atomic mass is 35.7. The molecule has 2 aromatic rings. The van der Waals surface area contributed by atoms with Crippen LogP contribution in [0.1, 0.15) is 11.6 Å². The average molecular weight is 302 g/mol. The van der Waals surface area contributed by atoms with Gasteiger partial charge in [-0.05, 0) is 31.2 Å². The largest absolute Gasteiger partial charge is 0.486 e. The Balaban J connectivity index is 2.07. The highest BCUT2D eigenvalue weighted by Gasteiger charge is 2.10. The van der Waals surface area contributed by atoms with E-state index in [4.69, 9.17) is 15.4 Å². The zero-order valence-corrected chi connectivity index (χ0v) is 11.9. The van der Waals surface area contributed by atoms with E-state index < -0.39 is 9.05 Å². The fourth-order valence-electron chi connectivity index (χ4n) is 1.42. The molecule has 1 aromatic carbocycles. The zero-order valence-electron chi connectivity index (χ0n) is 10.4. The molecular formula is C11H12ClN3O3S. The summed E-state index contributed by atoms with van der Waals surface area (Å²) in [5.41, 5.74) is 0. The van der Waals surface area contributed by atoms with Crippen molar-refractivity contribution in [3.8, 4) is 5.75 Å². The fourth-order valence-corrected chi connectivity index (χ4v) is 2.19. The molecule has 0 aliphatic heterocycles. The van der Waals surface area contributed by atoms with Crippen LogP contribution in [0.2, 0.25) is 0 Å². The third-order valence-corrected chi connectivity index (χ3v) is 4.03. The second kappa shape index (κ2) is 5.18. The summed E-state index contributed by atoms with van der Waals surface area (Å²) in [4.78, 5) is 0.0380. The van der Waals surface area contributed by atoms with Gasteiger partial charge in [-0.15, -0.1) is 10.2 Å². The molecule has 0 spiro atoms. The van der Waals surface area contributed by atoms with Gasteiger partial charge in [-0.25, -0.2) is 8.42 Å². The Bertz CT molecular complexity index is 680. The van der Waals surface area contributed by atoms with Crippen molar-refractivity contribution in [2.75, 3.05) is 0 Å². The highest BCUT2D eigenvalue weighted by Crippen LogP contribution is 2.19. The maximum atomic E-state index is 11.1. The first-order valence-electron chi connectivity index (χ1n) is 5.40. The van der Waals surface area contributed by atoms with Gasteiger partial charge in [-0.1, -0.05) is 0 Å². The molecule has 0 saturated carbocycles. The molecule has 19 heavy (non-hydrogen) atoms. The van der Waals surface area contributed by atoms with E-state index in [1.165, 1.54) is 12.1 Å². The molecule has 6 nitrogen and oxygen atoms in total. The van der Waals surface area contributed by atoms with Crippen LogP contribution in [-0.2, 0) is 22.7 Å². The molecule has 0 aliphatic rings. The Labute approximate surface area is 115 Å². The van der Waals surface area contributed by atoms with Crippen LogP contribution in [0.5, 0.6) is 5.75 Å². The predicted octanol–water partition coefficient (Wildman–Crippen LogP) is 1.63. The van der Waals surface area contributed by atoms with Gasteiger partial charge in [0.25, 0.3) is 9.05 Å².